The number of nitrogens with zero attached hydrogens (tertiary/aromatic N) is 5. The average Bonchev–Trinajstić information content (AvgIpc) is 2.80. The molecule has 0 spiro atoms. The van der Waals surface area contributed by atoms with Crippen LogP contribution in [0.15, 0.2) is 4.99 Å². The van der Waals surface area contributed by atoms with Gasteiger partial charge in [-0.2, -0.15) is 0 Å². The Morgan fingerprint density at radius 3 is 1.65 bits per heavy atom. The van der Waals surface area contributed by atoms with E-state index in [4.69, 9.17) is 9.73 Å². The highest BCUT2D eigenvalue weighted by atomic mass is 16.5. The van der Waals surface area contributed by atoms with Gasteiger partial charge in [-0.3, -0.25) is 19.8 Å². The van der Waals surface area contributed by atoms with E-state index in [1.54, 1.807) is 0 Å². The Hall–Kier alpha value is -1.50. The van der Waals surface area contributed by atoms with Gasteiger partial charge in [0.2, 0.25) is 0 Å². The molecule has 0 radical (unpaired) electrons. The van der Waals surface area contributed by atoms with Crippen molar-refractivity contribution in [1.29, 1.82) is 0 Å². The second-order valence-corrected chi connectivity index (χ2v) is 7.44. The highest BCUT2D eigenvalue weighted by Gasteiger charge is 2.17. The molecule has 0 bridgehead atoms. The molecule has 0 heterocycles. The minimum atomic E-state index is 0.774. The summed E-state index contributed by atoms with van der Waals surface area (Å²) in [4.78, 5) is 12.0. The maximum absolute atomic E-state index is 5.88. The molecule has 0 saturated heterocycles. The van der Waals surface area contributed by atoms with Gasteiger partial charge in [0.25, 0.3) is 0 Å². The van der Waals surface area contributed by atoms with Crippen molar-refractivity contribution in [2.75, 3.05) is 78.7 Å². The van der Waals surface area contributed by atoms with E-state index in [0.717, 1.165) is 97.5 Å². The number of hydrogen-bond acceptors (Lipinski definition) is 2. The van der Waals surface area contributed by atoms with Crippen LogP contribution in [0.1, 0.15) is 68.2 Å². The normalized spacial score (nSPS) is 10.6. The zero-order valence-corrected chi connectivity index (χ0v) is 22.0. The lowest BCUT2D eigenvalue weighted by atomic mass is 10.4. The summed E-state index contributed by atoms with van der Waals surface area (Å²) in [5.41, 5.74) is 0. The Bertz CT molecular complexity index is 462. The molecule has 0 rings (SSSR count). The van der Waals surface area contributed by atoms with Gasteiger partial charge in [0, 0.05) is 52.4 Å². The highest BCUT2D eigenvalue weighted by molar-refractivity contribution is 5.80. The minimum Gasteiger partial charge on any atom is -0.381 e. The largest absolute Gasteiger partial charge is 0.381 e. The van der Waals surface area contributed by atoms with Crippen molar-refractivity contribution >= 4 is 11.9 Å². The van der Waals surface area contributed by atoms with E-state index in [1.165, 1.54) is 5.96 Å². The van der Waals surface area contributed by atoms with E-state index in [1.807, 2.05) is 0 Å². The maximum Gasteiger partial charge on any atom is 0.348 e. The Morgan fingerprint density at radius 2 is 1.19 bits per heavy atom. The molecule has 7 nitrogen and oxygen atoms in total. The molecule has 0 unspecified atom stereocenters. The first-order valence-corrected chi connectivity index (χ1v) is 12.8. The quantitative estimate of drug-likeness (QED) is 0.173. The van der Waals surface area contributed by atoms with E-state index in [-0.39, 0.29) is 0 Å². The van der Waals surface area contributed by atoms with Crippen LogP contribution >= 0.6 is 0 Å². The van der Waals surface area contributed by atoms with Crippen molar-refractivity contribution in [3.05, 3.63) is 0 Å². The molecule has 0 atom stereocenters. The molecular weight excluding hydrogens is 388 g/mol. The predicted molar refractivity (Wildman–Crippen MR) is 135 cm³/mol. The van der Waals surface area contributed by atoms with Crippen LogP contribution < -0.4 is 5.32 Å². The van der Waals surface area contributed by atoms with Crippen LogP contribution in [0.25, 0.3) is 0 Å². The molecular formula is C24H53N6O+. The van der Waals surface area contributed by atoms with Gasteiger partial charge < -0.3 is 14.5 Å². The fraction of sp³-hybridized carbons (Fsp3) is 0.917. The lowest BCUT2D eigenvalue weighted by molar-refractivity contribution is -0.527. The minimum absolute atomic E-state index is 0.774. The molecule has 0 aromatic heterocycles. The zero-order chi connectivity index (χ0) is 23.5. The number of guanidine groups is 2. The zero-order valence-electron chi connectivity index (χ0n) is 22.0. The first kappa shape index (κ1) is 29.5. The van der Waals surface area contributed by atoms with Gasteiger partial charge in [-0.15, -0.1) is 0 Å². The van der Waals surface area contributed by atoms with Gasteiger partial charge in [0.1, 0.15) is 0 Å². The Kier molecular flexibility index (Phi) is 18.3. The van der Waals surface area contributed by atoms with E-state index in [2.05, 4.69) is 80.0 Å². The Morgan fingerprint density at radius 1 is 0.710 bits per heavy atom. The monoisotopic (exact) mass is 441 g/mol. The summed E-state index contributed by atoms with van der Waals surface area (Å²) in [5.74, 6) is 2.39. The van der Waals surface area contributed by atoms with Crippen LogP contribution in [0.2, 0.25) is 0 Å². The van der Waals surface area contributed by atoms with Gasteiger partial charge in [-0.25, -0.2) is 0 Å². The number of aliphatic imine (C=N–C) groups is 1. The molecule has 1 N–H and O–H groups in total. The molecule has 0 aliphatic carbocycles. The number of ether oxygens (including phenoxy) is 1. The molecule has 184 valence electrons. The first-order valence-electron chi connectivity index (χ1n) is 12.8. The highest BCUT2D eigenvalue weighted by Crippen LogP contribution is 2.01. The van der Waals surface area contributed by atoms with Gasteiger partial charge >= 0.3 is 5.96 Å². The summed E-state index contributed by atoms with van der Waals surface area (Å²) in [6.07, 6.45) is 1.98. The van der Waals surface area contributed by atoms with Crippen molar-refractivity contribution in [1.82, 2.24) is 20.0 Å². The third kappa shape index (κ3) is 11.1. The number of nitrogens with one attached hydrogen (secondary N) is 1. The third-order valence-corrected chi connectivity index (χ3v) is 5.67. The van der Waals surface area contributed by atoms with Gasteiger partial charge in [0.05, 0.1) is 32.7 Å². The Labute approximate surface area is 193 Å². The summed E-state index contributed by atoms with van der Waals surface area (Å²) in [6, 6.07) is 0. The summed E-state index contributed by atoms with van der Waals surface area (Å²) >= 11 is 0. The molecule has 0 saturated carbocycles. The summed E-state index contributed by atoms with van der Waals surface area (Å²) in [7, 11) is 0. The first-order chi connectivity index (χ1) is 15.1. The third-order valence-electron chi connectivity index (χ3n) is 5.67. The van der Waals surface area contributed by atoms with Crippen LogP contribution in [-0.4, -0.2) is 110 Å². The van der Waals surface area contributed by atoms with E-state index >= 15 is 0 Å². The smallest absolute Gasteiger partial charge is 0.348 e. The van der Waals surface area contributed by atoms with Crippen LogP contribution in [-0.2, 0) is 4.74 Å². The predicted octanol–water partition coefficient (Wildman–Crippen LogP) is 3.16. The molecule has 0 aromatic rings. The topological polar surface area (TPSA) is 46.4 Å². The fourth-order valence-electron chi connectivity index (χ4n) is 3.70. The molecule has 0 aromatic carbocycles. The summed E-state index contributed by atoms with van der Waals surface area (Å²) < 4.78 is 8.27. The summed E-state index contributed by atoms with van der Waals surface area (Å²) in [5, 5.41) is 3.65. The number of hydrogen-bond donors (Lipinski definition) is 1. The molecule has 7 heteroatoms. The van der Waals surface area contributed by atoms with Gasteiger partial charge in [-0.1, -0.05) is 0 Å². The average molecular weight is 442 g/mol. The van der Waals surface area contributed by atoms with Crippen molar-refractivity contribution in [3.8, 4) is 0 Å². The molecule has 0 aliphatic heterocycles. The van der Waals surface area contributed by atoms with Crippen LogP contribution in [0.3, 0.4) is 0 Å². The van der Waals surface area contributed by atoms with Crippen molar-refractivity contribution in [3.63, 3.8) is 0 Å². The summed E-state index contributed by atoms with van der Waals surface area (Å²) in [6.45, 7) is 29.0. The van der Waals surface area contributed by atoms with Gasteiger partial charge in [0.15, 0.2) is 5.96 Å². The maximum atomic E-state index is 5.88. The van der Waals surface area contributed by atoms with Crippen LogP contribution in [0.5, 0.6) is 0 Å². The Balaban J connectivity index is 4.39. The second kappa shape index (κ2) is 19.2. The van der Waals surface area contributed by atoms with E-state index in [0.29, 0.717) is 0 Å². The standard InChI is InChI=1S/C24H52N6O/c1-9-27(10-2)23(28(11-3)12-4)25-19-17-21-31-22-18-20-26-24(29(13-5)14-6)30(15-7)16-8/h9-22H2,1-8H3/p+1. The van der Waals surface area contributed by atoms with E-state index < -0.39 is 0 Å². The SMILES string of the molecule is CCN(CC)C(=NCCCOCCCNC(N(CC)CC)=[N+](CC)CC)N(CC)CC. The van der Waals surface area contributed by atoms with Crippen molar-refractivity contribution < 1.29 is 9.31 Å². The fourth-order valence-corrected chi connectivity index (χ4v) is 3.70. The lowest BCUT2D eigenvalue weighted by Gasteiger charge is -2.32. The van der Waals surface area contributed by atoms with Crippen LogP contribution in [0.4, 0.5) is 0 Å². The van der Waals surface area contributed by atoms with Gasteiger partial charge in [-0.05, 0) is 61.8 Å². The van der Waals surface area contributed by atoms with Crippen LogP contribution in [0, 0.1) is 0 Å². The molecule has 0 amide bonds. The molecule has 31 heavy (non-hydrogen) atoms. The number of rotatable bonds is 16. The second-order valence-electron chi connectivity index (χ2n) is 7.44. The molecule has 0 fully saturated rings. The lowest BCUT2D eigenvalue weighted by Crippen LogP contribution is -2.48. The van der Waals surface area contributed by atoms with Crippen molar-refractivity contribution in [2.24, 2.45) is 4.99 Å². The van der Waals surface area contributed by atoms with Crippen molar-refractivity contribution in [2.45, 2.75) is 68.2 Å². The van der Waals surface area contributed by atoms with E-state index in [9.17, 15) is 0 Å². The molecule has 0 aliphatic rings.